The van der Waals surface area contributed by atoms with Gasteiger partial charge in [-0.2, -0.15) is 23.3 Å². The van der Waals surface area contributed by atoms with Crippen LogP contribution in [0.2, 0.25) is 0 Å². The highest BCUT2D eigenvalue weighted by molar-refractivity contribution is 5.74. The van der Waals surface area contributed by atoms with E-state index >= 15 is 0 Å². The first kappa shape index (κ1) is 20.4. The van der Waals surface area contributed by atoms with E-state index in [9.17, 15) is 22.4 Å². The van der Waals surface area contributed by atoms with Crippen molar-refractivity contribution in [2.45, 2.75) is 50.7 Å². The highest BCUT2D eigenvalue weighted by Crippen LogP contribution is 2.49. The normalized spacial score (nSPS) is 16.1. The van der Waals surface area contributed by atoms with E-state index < -0.39 is 28.5 Å². The summed E-state index contributed by atoms with van der Waals surface area (Å²) in [7, 11) is 0. The van der Waals surface area contributed by atoms with Gasteiger partial charge in [0.2, 0.25) is 5.95 Å². The molecule has 1 saturated carbocycles. The summed E-state index contributed by atoms with van der Waals surface area (Å²) in [4.78, 5) is 19.5. The van der Waals surface area contributed by atoms with Crippen LogP contribution in [0.3, 0.4) is 0 Å². The molecule has 2 heterocycles. The first-order valence-corrected chi connectivity index (χ1v) is 9.50. The standard InChI is InChI=1S/C20H21F4N5O/c1-18(2,3)29-15-14(9-26-29)16(30)28-17(27-15)25-10-19(4-5-19)11-6-12(20(22,23)24)8-13(21)7-11/h6-9H,4-5,10H2,1-3H3,(H2,25,27,28,30). The van der Waals surface area contributed by atoms with Crippen LogP contribution in [-0.2, 0) is 17.1 Å². The van der Waals surface area contributed by atoms with Crippen LogP contribution >= 0.6 is 0 Å². The van der Waals surface area contributed by atoms with Crippen LogP contribution in [0, 0.1) is 5.82 Å². The van der Waals surface area contributed by atoms with E-state index in [-0.39, 0.29) is 23.6 Å². The lowest BCUT2D eigenvalue weighted by Crippen LogP contribution is -2.25. The second-order valence-electron chi connectivity index (χ2n) is 8.74. The molecule has 2 N–H and O–H groups in total. The summed E-state index contributed by atoms with van der Waals surface area (Å²) in [6, 6.07) is 2.62. The number of halogens is 4. The molecular weight excluding hydrogens is 402 g/mol. The maximum atomic E-state index is 13.8. The summed E-state index contributed by atoms with van der Waals surface area (Å²) in [5, 5.41) is 7.60. The Bertz CT molecular complexity index is 1170. The zero-order chi connectivity index (χ0) is 21.9. The molecule has 3 aromatic rings. The van der Waals surface area contributed by atoms with Gasteiger partial charge < -0.3 is 5.32 Å². The Labute approximate surface area is 169 Å². The zero-order valence-corrected chi connectivity index (χ0v) is 16.7. The fourth-order valence-corrected chi connectivity index (χ4v) is 3.52. The average Bonchev–Trinajstić information content (AvgIpc) is 3.28. The van der Waals surface area contributed by atoms with Crippen molar-refractivity contribution in [1.82, 2.24) is 19.7 Å². The molecule has 4 rings (SSSR count). The predicted octanol–water partition coefficient (Wildman–Crippen LogP) is 4.18. The van der Waals surface area contributed by atoms with Crippen LogP contribution < -0.4 is 10.9 Å². The monoisotopic (exact) mass is 423 g/mol. The van der Waals surface area contributed by atoms with Crippen LogP contribution in [0.25, 0.3) is 11.0 Å². The van der Waals surface area contributed by atoms with E-state index in [0.717, 1.165) is 12.1 Å². The van der Waals surface area contributed by atoms with Crippen molar-refractivity contribution < 1.29 is 17.6 Å². The minimum Gasteiger partial charge on any atom is -0.355 e. The molecule has 1 aliphatic carbocycles. The van der Waals surface area contributed by atoms with Crippen molar-refractivity contribution >= 4 is 17.0 Å². The quantitative estimate of drug-likeness (QED) is 0.618. The summed E-state index contributed by atoms with van der Waals surface area (Å²) in [6.07, 6.45) is -1.96. The number of alkyl halides is 3. The molecule has 1 fully saturated rings. The summed E-state index contributed by atoms with van der Waals surface area (Å²) in [6.45, 7) is 6.00. The summed E-state index contributed by atoms with van der Waals surface area (Å²) in [5.74, 6) is -0.731. The molecule has 0 aliphatic heterocycles. The Hall–Kier alpha value is -2.91. The number of H-pyrrole nitrogens is 1. The highest BCUT2D eigenvalue weighted by Gasteiger charge is 2.45. The molecule has 30 heavy (non-hydrogen) atoms. The third-order valence-electron chi connectivity index (χ3n) is 5.36. The number of nitrogens with zero attached hydrogens (tertiary/aromatic N) is 3. The molecule has 1 aliphatic rings. The van der Waals surface area contributed by atoms with E-state index in [0.29, 0.717) is 29.9 Å². The number of aromatic nitrogens is 4. The third kappa shape index (κ3) is 3.66. The molecule has 0 radical (unpaired) electrons. The predicted molar refractivity (Wildman–Crippen MR) is 104 cm³/mol. The molecule has 1 aromatic carbocycles. The largest absolute Gasteiger partial charge is 0.416 e. The molecule has 10 heteroatoms. The zero-order valence-electron chi connectivity index (χ0n) is 16.7. The summed E-state index contributed by atoms with van der Waals surface area (Å²) < 4.78 is 54.7. The van der Waals surface area contributed by atoms with E-state index in [1.54, 1.807) is 4.68 Å². The van der Waals surface area contributed by atoms with E-state index in [2.05, 4.69) is 20.4 Å². The molecule has 0 saturated heterocycles. The van der Waals surface area contributed by atoms with Crippen molar-refractivity contribution in [3.05, 3.63) is 51.7 Å². The van der Waals surface area contributed by atoms with Gasteiger partial charge in [0.1, 0.15) is 11.2 Å². The number of anilines is 1. The molecule has 160 valence electrons. The Morgan fingerprint density at radius 3 is 2.50 bits per heavy atom. The molecule has 0 bridgehead atoms. The lowest BCUT2D eigenvalue weighted by atomic mass is 9.94. The van der Waals surface area contributed by atoms with Gasteiger partial charge in [0.15, 0.2) is 5.65 Å². The topological polar surface area (TPSA) is 75.6 Å². The molecule has 2 aromatic heterocycles. The molecule has 0 atom stereocenters. The SMILES string of the molecule is CC(C)(C)n1ncc2c(=O)[nH]c(NCC3(c4cc(F)cc(C(F)(F)F)c4)CC3)nc21. The van der Waals surface area contributed by atoms with E-state index in [1.807, 2.05) is 20.8 Å². The van der Waals surface area contributed by atoms with Gasteiger partial charge in [-0.1, -0.05) is 0 Å². The van der Waals surface area contributed by atoms with Gasteiger partial charge in [-0.25, -0.2) is 9.07 Å². The second kappa shape index (κ2) is 6.55. The molecule has 0 spiro atoms. The van der Waals surface area contributed by atoms with Crippen molar-refractivity contribution in [3.63, 3.8) is 0 Å². The van der Waals surface area contributed by atoms with Gasteiger partial charge in [-0.05, 0) is 57.4 Å². The van der Waals surface area contributed by atoms with Crippen molar-refractivity contribution in [1.29, 1.82) is 0 Å². The number of benzene rings is 1. The summed E-state index contributed by atoms with van der Waals surface area (Å²) in [5.41, 5.74) is -1.72. The molecule has 6 nitrogen and oxygen atoms in total. The van der Waals surface area contributed by atoms with Crippen molar-refractivity contribution in [3.8, 4) is 0 Å². The highest BCUT2D eigenvalue weighted by atomic mass is 19.4. The van der Waals surface area contributed by atoms with E-state index in [4.69, 9.17) is 0 Å². The van der Waals surface area contributed by atoms with Gasteiger partial charge in [0, 0.05) is 12.0 Å². The van der Waals surface area contributed by atoms with Crippen LogP contribution in [0.15, 0.2) is 29.2 Å². The van der Waals surface area contributed by atoms with Gasteiger partial charge in [0.05, 0.1) is 17.3 Å². The number of fused-ring (bicyclic) bond motifs is 1. The fourth-order valence-electron chi connectivity index (χ4n) is 3.52. The Kier molecular flexibility index (Phi) is 4.44. The van der Waals surface area contributed by atoms with Gasteiger partial charge >= 0.3 is 6.18 Å². The van der Waals surface area contributed by atoms with Crippen LogP contribution in [-0.4, -0.2) is 26.3 Å². The van der Waals surface area contributed by atoms with Gasteiger partial charge in [-0.15, -0.1) is 0 Å². The smallest absolute Gasteiger partial charge is 0.355 e. The average molecular weight is 423 g/mol. The maximum Gasteiger partial charge on any atom is 0.416 e. The Morgan fingerprint density at radius 2 is 1.90 bits per heavy atom. The lowest BCUT2D eigenvalue weighted by molar-refractivity contribution is -0.137. The van der Waals surface area contributed by atoms with E-state index in [1.165, 1.54) is 6.20 Å². The molecule has 0 unspecified atom stereocenters. The lowest BCUT2D eigenvalue weighted by Gasteiger charge is -2.20. The third-order valence-corrected chi connectivity index (χ3v) is 5.36. The maximum absolute atomic E-state index is 13.8. The first-order valence-electron chi connectivity index (χ1n) is 9.50. The van der Waals surface area contributed by atoms with Gasteiger partial charge in [-0.3, -0.25) is 9.78 Å². The minimum absolute atomic E-state index is 0.192. The first-order chi connectivity index (χ1) is 13.9. The van der Waals surface area contributed by atoms with Crippen LogP contribution in [0.4, 0.5) is 23.5 Å². The minimum atomic E-state index is -4.62. The van der Waals surface area contributed by atoms with Crippen LogP contribution in [0.5, 0.6) is 0 Å². The molecule has 0 amide bonds. The fraction of sp³-hybridized carbons (Fsp3) is 0.450. The number of aromatic amines is 1. The van der Waals surface area contributed by atoms with Crippen LogP contribution in [0.1, 0.15) is 44.7 Å². The van der Waals surface area contributed by atoms with Crippen molar-refractivity contribution in [2.75, 3.05) is 11.9 Å². The Balaban J connectivity index is 1.63. The second-order valence-corrected chi connectivity index (χ2v) is 8.74. The number of hydrogen-bond acceptors (Lipinski definition) is 4. The number of nitrogens with one attached hydrogen (secondary N) is 2. The number of rotatable bonds is 4. The number of hydrogen-bond donors (Lipinski definition) is 2. The summed E-state index contributed by atoms with van der Waals surface area (Å²) >= 11 is 0. The van der Waals surface area contributed by atoms with Gasteiger partial charge in [0.25, 0.3) is 5.56 Å². The molecular formula is C20H21F4N5O. The Morgan fingerprint density at radius 1 is 1.20 bits per heavy atom. The van der Waals surface area contributed by atoms with Crippen molar-refractivity contribution in [2.24, 2.45) is 0 Å².